The van der Waals surface area contributed by atoms with Gasteiger partial charge >= 0.3 is 0 Å². The second-order valence-electron chi connectivity index (χ2n) is 3.35. The van der Waals surface area contributed by atoms with Crippen molar-refractivity contribution in [3.05, 3.63) is 28.0 Å². The lowest BCUT2D eigenvalue weighted by Crippen LogP contribution is -1.95. The Morgan fingerprint density at radius 2 is 1.86 bits per heavy atom. The molecule has 14 heavy (non-hydrogen) atoms. The van der Waals surface area contributed by atoms with E-state index in [1.807, 2.05) is 19.1 Å². The predicted octanol–water partition coefficient (Wildman–Crippen LogP) is 2.74. The molecule has 4 heteroatoms. The van der Waals surface area contributed by atoms with Crippen LogP contribution >= 0.6 is 12.2 Å². The highest BCUT2D eigenvalue weighted by atomic mass is 32.1. The predicted molar refractivity (Wildman–Crippen MR) is 58.2 cm³/mol. The van der Waals surface area contributed by atoms with Gasteiger partial charge in [0.15, 0.2) is 10.6 Å². The van der Waals surface area contributed by atoms with Crippen LogP contribution in [0, 0.1) is 11.7 Å². The standard InChI is InChI=1S/C10H10N2OS/c1-5-3-8-9(12-10(14)11-8)4-7(5)6(2)13/h3-4H,1-2H3,(H2,11,12,14). The van der Waals surface area contributed by atoms with E-state index in [-0.39, 0.29) is 5.78 Å². The fraction of sp³-hybridized carbons (Fsp3) is 0.200. The van der Waals surface area contributed by atoms with Crippen molar-refractivity contribution in [1.29, 1.82) is 0 Å². The average Bonchev–Trinajstić information content (AvgIpc) is 2.42. The van der Waals surface area contributed by atoms with Gasteiger partial charge in [-0.3, -0.25) is 4.79 Å². The first-order valence-corrected chi connectivity index (χ1v) is 4.72. The molecule has 1 aromatic carbocycles. The zero-order valence-electron chi connectivity index (χ0n) is 7.97. The number of carbonyl (C=O) groups is 1. The molecule has 0 amide bonds. The maximum absolute atomic E-state index is 11.3. The summed E-state index contributed by atoms with van der Waals surface area (Å²) in [5.41, 5.74) is 3.53. The van der Waals surface area contributed by atoms with Crippen molar-refractivity contribution in [3.8, 4) is 0 Å². The third-order valence-corrected chi connectivity index (χ3v) is 2.44. The van der Waals surface area contributed by atoms with Crippen molar-refractivity contribution in [2.45, 2.75) is 13.8 Å². The highest BCUT2D eigenvalue weighted by Gasteiger charge is 2.06. The molecule has 1 aromatic heterocycles. The van der Waals surface area contributed by atoms with Crippen molar-refractivity contribution in [3.63, 3.8) is 0 Å². The summed E-state index contributed by atoms with van der Waals surface area (Å²) in [4.78, 5) is 17.3. The first kappa shape index (κ1) is 9.15. The van der Waals surface area contributed by atoms with E-state index in [4.69, 9.17) is 12.2 Å². The van der Waals surface area contributed by atoms with Crippen LogP contribution < -0.4 is 0 Å². The number of aromatic nitrogens is 2. The number of aromatic amines is 2. The van der Waals surface area contributed by atoms with Gasteiger partial charge in [0.05, 0.1) is 11.0 Å². The van der Waals surface area contributed by atoms with Crippen LogP contribution in [0.3, 0.4) is 0 Å². The maximum atomic E-state index is 11.3. The van der Waals surface area contributed by atoms with E-state index in [0.29, 0.717) is 4.77 Å². The number of carbonyl (C=O) groups excluding carboxylic acids is 1. The van der Waals surface area contributed by atoms with Gasteiger partial charge in [0, 0.05) is 5.56 Å². The Morgan fingerprint density at radius 1 is 1.29 bits per heavy atom. The summed E-state index contributed by atoms with van der Waals surface area (Å²) in [5.74, 6) is 0.0740. The first-order chi connectivity index (χ1) is 6.58. The Morgan fingerprint density at radius 3 is 2.43 bits per heavy atom. The van der Waals surface area contributed by atoms with E-state index in [0.717, 1.165) is 22.2 Å². The van der Waals surface area contributed by atoms with Crippen LogP contribution in [-0.4, -0.2) is 15.8 Å². The van der Waals surface area contributed by atoms with Crippen LogP contribution in [0.1, 0.15) is 22.8 Å². The highest BCUT2D eigenvalue weighted by molar-refractivity contribution is 7.71. The second kappa shape index (κ2) is 3.06. The van der Waals surface area contributed by atoms with Crippen molar-refractivity contribution < 1.29 is 4.79 Å². The molecule has 2 rings (SSSR count). The minimum atomic E-state index is 0.0740. The maximum Gasteiger partial charge on any atom is 0.175 e. The molecule has 0 fully saturated rings. The number of hydrogen-bond acceptors (Lipinski definition) is 2. The summed E-state index contributed by atoms with van der Waals surface area (Å²) < 4.78 is 0.583. The van der Waals surface area contributed by atoms with Crippen molar-refractivity contribution in [1.82, 2.24) is 9.97 Å². The normalized spacial score (nSPS) is 10.7. The Labute approximate surface area is 86.2 Å². The summed E-state index contributed by atoms with van der Waals surface area (Å²) in [6.07, 6.45) is 0. The number of benzene rings is 1. The van der Waals surface area contributed by atoms with E-state index in [9.17, 15) is 4.79 Å². The monoisotopic (exact) mass is 206 g/mol. The average molecular weight is 206 g/mol. The molecule has 0 spiro atoms. The summed E-state index contributed by atoms with van der Waals surface area (Å²) in [6, 6.07) is 3.76. The van der Waals surface area contributed by atoms with Gasteiger partial charge in [-0.1, -0.05) is 0 Å². The number of hydrogen-bond donors (Lipinski definition) is 2. The lowest BCUT2D eigenvalue weighted by atomic mass is 10.0. The Bertz CT molecular complexity index is 565. The number of H-pyrrole nitrogens is 2. The molecule has 0 aliphatic carbocycles. The number of imidazole rings is 1. The molecule has 0 unspecified atom stereocenters. The zero-order chi connectivity index (χ0) is 10.3. The quantitative estimate of drug-likeness (QED) is 0.556. The van der Waals surface area contributed by atoms with Gasteiger partial charge in [-0.25, -0.2) is 0 Å². The van der Waals surface area contributed by atoms with E-state index in [1.165, 1.54) is 0 Å². The fourth-order valence-electron chi connectivity index (χ4n) is 1.57. The van der Waals surface area contributed by atoms with Crippen molar-refractivity contribution in [2.75, 3.05) is 0 Å². The topological polar surface area (TPSA) is 48.6 Å². The van der Waals surface area contributed by atoms with Crippen LogP contribution in [0.15, 0.2) is 12.1 Å². The van der Waals surface area contributed by atoms with Gasteiger partial charge in [-0.15, -0.1) is 0 Å². The first-order valence-electron chi connectivity index (χ1n) is 4.31. The number of ketones is 1. The number of Topliss-reactive ketones (excluding diaryl/α,β-unsaturated/α-hetero) is 1. The molecule has 0 bridgehead atoms. The Kier molecular flexibility index (Phi) is 2.00. The van der Waals surface area contributed by atoms with Crippen LogP contribution in [-0.2, 0) is 0 Å². The number of fused-ring (bicyclic) bond motifs is 1. The van der Waals surface area contributed by atoms with E-state index in [1.54, 1.807) is 6.92 Å². The van der Waals surface area contributed by atoms with Crippen LogP contribution in [0.5, 0.6) is 0 Å². The van der Waals surface area contributed by atoms with Gasteiger partial charge in [-0.05, 0) is 43.8 Å². The molecule has 1 heterocycles. The summed E-state index contributed by atoms with van der Waals surface area (Å²) in [6.45, 7) is 3.48. The molecule has 3 nitrogen and oxygen atoms in total. The molecular weight excluding hydrogens is 196 g/mol. The van der Waals surface area contributed by atoms with Gasteiger partial charge in [0.1, 0.15) is 0 Å². The molecule has 2 N–H and O–H groups in total. The van der Waals surface area contributed by atoms with E-state index < -0.39 is 0 Å². The van der Waals surface area contributed by atoms with Crippen molar-refractivity contribution in [2.24, 2.45) is 0 Å². The fourth-order valence-corrected chi connectivity index (χ4v) is 1.79. The third-order valence-electron chi connectivity index (χ3n) is 2.24. The summed E-state index contributed by atoms with van der Waals surface area (Å²) in [5, 5.41) is 0. The minimum absolute atomic E-state index is 0.0740. The van der Waals surface area contributed by atoms with Gasteiger partial charge < -0.3 is 9.97 Å². The lowest BCUT2D eigenvalue weighted by Gasteiger charge is -2.00. The SMILES string of the molecule is CC(=O)c1cc2[nH]c(=S)[nH]c2cc1C. The van der Waals surface area contributed by atoms with Crippen molar-refractivity contribution >= 4 is 29.0 Å². The highest BCUT2D eigenvalue weighted by Crippen LogP contribution is 2.17. The smallest absolute Gasteiger partial charge is 0.175 e. The number of aryl methyl sites for hydroxylation is 1. The van der Waals surface area contributed by atoms with E-state index in [2.05, 4.69) is 9.97 Å². The molecule has 0 aliphatic rings. The summed E-state index contributed by atoms with van der Waals surface area (Å²) in [7, 11) is 0. The molecule has 0 radical (unpaired) electrons. The number of nitrogens with one attached hydrogen (secondary N) is 2. The molecule has 0 atom stereocenters. The number of rotatable bonds is 1. The minimum Gasteiger partial charge on any atom is -0.331 e. The molecular formula is C10H10N2OS. The second-order valence-corrected chi connectivity index (χ2v) is 3.76. The molecule has 0 aliphatic heterocycles. The Balaban J connectivity index is 2.82. The molecule has 2 aromatic rings. The molecule has 0 saturated carbocycles. The Hall–Kier alpha value is -1.42. The molecule has 72 valence electrons. The largest absolute Gasteiger partial charge is 0.331 e. The van der Waals surface area contributed by atoms with Gasteiger partial charge in [0.25, 0.3) is 0 Å². The third kappa shape index (κ3) is 1.37. The van der Waals surface area contributed by atoms with Crippen LogP contribution in [0.25, 0.3) is 11.0 Å². The molecule has 0 saturated heterocycles. The van der Waals surface area contributed by atoms with E-state index >= 15 is 0 Å². The van der Waals surface area contributed by atoms with Gasteiger partial charge in [-0.2, -0.15) is 0 Å². The zero-order valence-corrected chi connectivity index (χ0v) is 8.79. The lowest BCUT2D eigenvalue weighted by molar-refractivity contribution is 0.101. The van der Waals surface area contributed by atoms with Crippen LogP contribution in [0.2, 0.25) is 0 Å². The van der Waals surface area contributed by atoms with Crippen LogP contribution in [0.4, 0.5) is 0 Å². The summed E-state index contributed by atoms with van der Waals surface area (Å²) >= 11 is 4.97. The van der Waals surface area contributed by atoms with Gasteiger partial charge in [0.2, 0.25) is 0 Å².